The molecule has 1 nitrogen and oxygen atoms in total. The molecule has 1 aromatic carbocycles. The Morgan fingerprint density at radius 2 is 1.75 bits per heavy atom. The molecule has 2 rings (SSSR count). The molecule has 0 amide bonds. The van der Waals surface area contributed by atoms with Gasteiger partial charge < -0.3 is 5.32 Å². The van der Waals surface area contributed by atoms with Gasteiger partial charge in [-0.25, -0.2) is 0 Å². The molecule has 1 N–H and O–H groups in total. The van der Waals surface area contributed by atoms with Crippen LogP contribution in [0, 0.1) is 0 Å². The third-order valence-corrected chi connectivity index (χ3v) is 3.09. The van der Waals surface area contributed by atoms with Crippen LogP contribution >= 0.6 is 0 Å². The smallest absolute Gasteiger partial charge is 0.0573 e. The van der Waals surface area contributed by atoms with Gasteiger partial charge >= 0.3 is 0 Å². The van der Waals surface area contributed by atoms with Crippen LogP contribution in [0.5, 0.6) is 0 Å². The van der Waals surface area contributed by atoms with Crippen molar-refractivity contribution in [3.63, 3.8) is 0 Å². The largest absolute Gasteiger partial charge is 0.306 e. The first kappa shape index (κ1) is 16.7. The van der Waals surface area contributed by atoms with Crippen LogP contribution in [0.1, 0.15) is 58.1 Å². The predicted octanol–water partition coefficient (Wildman–Crippen LogP) is 5.42. The van der Waals surface area contributed by atoms with Crippen LogP contribution in [0.25, 0.3) is 0 Å². The lowest BCUT2D eigenvalue weighted by Crippen LogP contribution is -2.23. The lowest BCUT2D eigenvalue weighted by Gasteiger charge is -2.22. The molecule has 1 heteroatoms. The fourth-order valence-corrected chi connectivity index (χ4v) is 2.21. The standard InChI is InChI=1S/C16H21N.C3H8/c1-2-13-17-16(14-9-5-3-6-10-14)15-11-7-4-8-12-15;1-3-2/h3,5-7,9-12,16-17H,2,4,8,13H2,1H3;3H2,1-2H3. The van der Waals surface area contributed by atoms with Gasteiger partial charge in [-0.05, 0) is 36.9 Å². The van der Waals surface area contributed by atoms with Crippen molar-refractivity contribution in [3.05, 3.63) is 59.7 Å². The normalized spacial score (nSPS) is 15.1. The first-order valence-corrected chi connectivity index (χ1v) is 7.98. The van der Waals surface area contributed by atoms with E-state index in [1.807, 2.05) is 0 Å². The van der Waals surface area contributed by atoms with Crippen molar-refractivity contribution in [1.82, 2.24) is 5.32 Å². The minimum Gasteiger partial charge on any atom is -0.306 e. The van der Waals surface area contributed by atoms with Crippen LogP contribution in [-0.4, -0.2) is 6.54 Å². The second-order valence-electron chi connectivity index (χ2n) is 5.19. The van der Waals surface area contributed by atoms with Crippen LogP contribution in [0.15, 0.2) is 54.1 Å². The van der Waals surface area contributed by atoms with Crippen molar-refractivity contribution in [2.45, 2.75) is 52.5 Å². The van der Waals surface area contributed by atoms with Gasteiger partial charge in [0, 0.05) is 0 Å². The van der Waals surface area contributed by atoms with Gasteiger partial charge in [0.15, 0.2) is 0 Å². The Morgan fingerprint density at radius 1 is 1.05 bits per heavy atom. The quantitative estimate of drug-likeness (QED) is 0.754. The van der Waals surface area contributed by atoms with E-state index >= 15 is 0 Å². The summed E-state index contributed by atoms with van der Waals surface area (Å²) in [4.78, 5) is 0. The molecular weight excluding hydrogens is 242 g/mol. The van der Waals surface area contributed by atoms with Gasteiger partial charge in [0.2, 0.25) is 0 Å². The summed E-state index contributed by atoms with van der Waals surface area (Å²) in [6, 6.07) is 11.1. The highest BCUT2D eigenvalue weighted by Crippen LogP contribution is 2.25. The maximum Gasteiger partial charge on any atom is 0.0573 e. The van der Waals surface area contributed by atoms with Crippen molar-refractivity contribution in [3.8, 4) is 0 Å². The fraction of sp³-hybridized carbons (Fsp3) is 0.474. The number of hydrogen-bond acceptors (Lipinski definition) is 1. The highest BCUT2D eigenvalue weighted by molar-refractivity contribution is 5.35. The maximum atomic E-state index is 3.64. The second kappa shape index (κ2) is 10.4. The molecule has 0 bridgehead atoms. The summed E-state index contributed by atoms with van der Waals surface area (Å²) in [6.07, 6.45) is 11.7. The first-order valence-electron chi connectivity index (χ1n) is 7.98. The zero-order chi connectivity index (χ0) is 14.6. The zero-order valence-corrected chi connectivity index (χ0v) is 13.2. The first-order chi connectivity index (χ1) is 9.83. The summed E-state index contributed by atoms with van der Waals surface area (Å²) in [7, 11) is 0. The van der Waals surface area contributed by atoms with Gasteiger partial charge in [-0.3, -0.25) is 0 Å². The zero-order valence-electron chi connectivity index (χ0n) is 13.2. The van der Waals surface area contributed by atoms with Crippen LogP contribution < -0.4 is 5.32 Å². The average molecular weight is 271 g/mol. The molecule has 0 fully saturated rings. The molecule has 0 saturated heterocycles. The third kappa shape index (κ3) is 5.75. The van der Waals surface area contributed by atoms with E-state index in [0.29, 0.717) is 6.04 Å². The molecular formula is C19H29N. The molecule has 0 aromatic heterocycles. The molecule has 1 unspecified atom stereocenters. The van der Waals surface area contributed by atoms with Gasteiger partial charge in [-0.2, -0.15) is 0 Å². The Hall–Kier alpha value is -1.34. The summed E-state index contributed by atoms with van der Waals surface area (Å²) in [5.41, 5.74) is 2.77. The van der Waals surface area contributed by atoms with Gasteiger partial charge in [-0.1, -0.05) is 75.8 Å². The van der Waals surface area contributed by atoms with Crippen LogP contribution in [0.2, 0.25) is 0 Å². The Kier molecular flexibility index (Phi) is 8.73. The Balaban J connectivity index is 0.000000612. The molecule has 0 heterocycles. The Labute approximate surface area is 124 Å². The van der Waals surface area contributed by atoms with E-state index in [2.05, 4.69) is 74.6 Å². The van der Waals surface area contributed by atoms with Gasteiger partial charge in [0.25, 0.3) is 0 Å². The van der Waals surface area contributed by atoms with Crippen molar-refractivity contribution in [1.29, 1.82) is 0 Å². The van der Waals surface area contributed by atoms with Gasteiger partial charge in [-0.15, -0.1) is 0 Å². The summed E-state index contributed by atoms with van der Waals surface area (Å²) < 4.78 is 0. The molecule has 0 radical (unpaired) electrons. The van der Waals surface area contributed by atoms with Crippen molar-refractivity contribution < 1.29 is 0 Å². The highest BCUT2D eigenvalue weighted by Gasteiger charge is 2.14. The van der Waals surface area contributed by atoms with Crippen LogP contribution in [-0.2, 0) is 0 Å². The number of benzene rings is 1. The molecule has 1 atom stereocenters. The van der Waals surface area contributed by atoms with Crippen molar-refractivity contribution in [2.24, 2.45) is 0 Å². The lowest BCUT2D eigenvalue weighted by atomic mass is 9.94. The molecule has 0 saturated carbocycles. The monoisotopic (exact) mass is 271 g/mol. The third-order valence-electron chi connectivity index (χ3n) is 3.09. The number of hydrogen-bond donors (Lipinski definition) is 1. The summed E-state index contributed by atoms with van der Waals surface area (Å²) in [6.45, 7) is 7.52. The lowest BCUT2D eigenvalue weighted by molar-refractivity contribution is 0.594. The second-order valence-corrected chi connectivity index (χ2v) is 5.19. The summed E-state index contributed by atoms with van der Waals surface area (Å²) in [5, 5.41) is 3.64. The van der Waals surface area contributed by atoms with E-state index in [9.17, 15) is 0 Å². The molecule has 1 aliphatic carbocycles. The van der Waals surface area contributed by atoms with E-state index in [4.69, 9.17) is 0 Å². The Bertz CT molecular complexity index is 403. The number of allylic oxidation sites excluding steroid dienone is 2. The molecule has 1 aromatic rings. The van der Waals surface area contributed by atoms with Crippen molar-refractivity contribution >= 4 is 0 Å². The predicted molar refractivity (Wildman–Crippen MR) is 89.9 cm³/mol. The van der Waals surface area contributed by atoms with Crippen LogP contribution in [0.3, 0.4) is 0 Å². The summed E-state index contributed by atoms with van der Waals surface area (Å²) in [5.74, 6) is 0. The van der Waals surface area contributed by atoms with E-state index in [0.717, 1.165) is 6.54 Å². The molecule has 20 heavy (non-hydrogen) atoms. The van der Waals surface area contributed by atoms with E-state index in [-0.39, 0.29) is 0 Å². The highest BCUT2D eigenvalue weighted by atomic mass is 14.9. The van der Waals surface area contributed by atoms with Crippen molar-refractivity contribution in [2.75, 3.05) is 6.54 Å². The van der Waals surface area contributed by atoms with Gasteiger partial charge in [0.1, 0.15) is 0 Å². The molecule has 1 aliphatic rings. The summed E-state index contributed by atoms with van der Waals surface area (Å²) >= 11 is 0. The molecule has 0 spiro atoms. The number of rotatable bonds is 5. The van der Waals surface area contributed by atoms with E-state index < -0.39 is 0 Å². The van der Waals surface area contributed by atoms with Gasteiger partial charge in [0.05, 0.1) is 6.04 Å². The average Bonchev–Trinajstić information content (AvgIpc) is 2.51. The Morgan fingerprint density at radius 3 is 2.30 bits per heavy atom. The topological polar surface area (TPSA) is 12.0 Å². The SMILES string of the molecule is CCC.CCCNC(C1=CCCC=C1)c1ccccc1. The number of nitrogens with one attached hydrogen (secondary N) is 1. The van der Waals surface area contributed by atoms with Crippen LogP contribution in [0.4, 0.5) is 0 Å². The maximum absolute atomic E-state index is 3.64. The molecule has 110 valence electrons. The van der Waals surface area contributed by atoms with E-state index in [1.165, 1.54) is 36.8 Å². The minimum absolute atomic E-state index is 0.354. The van der Waals surface area contributed by atoms with E-state index in [1.54, 1.807) is 0 Å². The fourth-order valence-electron chi connectivity index (χ4n) is 2.21. The molecule has 0 aliphatic heterocycles. The minimum atomic E-state index is 0.354.